The van der Waals surface area contributed by atoms with Crippen LogP contribution < -0.4 is 0 Å². The number of nitriles is 1. The van der Waals surface area contributed by atoms with Crippen molar-refractivity contribution < 1.29 is 4.39 Å². The summed E-state index contributed by atoms with van der Waals surface area (Å²) in [4.78, 5) is 7.40. The summed E-state index contributed by atoms with van der Waals surface area (Å²) in [5, 5.41) is 8.91. The SMILES string of the molecule is Cc1cnc2c(c1)[nH]c(=S)n2-c1ccc(F)c(C#N)c1. The molecule has 1 N–H and O–H groups in total. The number of aromatic nitrogens is 3. The van der Waals surface area contributed by atoms with Crippen molar-refractivity contribution in [2.75, 3.05) is 0 Å². The molecule has 0 spiro atoms. The lowest BCUT2D eigenvalue weighted by Crippen LogP contribution is -1.97. The lowest BCUT2D eigenvalue weighted by Gasteiger charge is -2.05. The predicted molar refractivity (Wildman–Crippen MR) is 75.7 cm³/mol. The zero-order chi connectivity index (χ0) is 14.3. The molecule has 0 fully saturated rings. The van der Waals surface area contributed by atoms with Crippen molar-refractivity contribution in [2.24, 2.45) is 0 Å². The number of rotatable bonds is 1. The Morgan fingerprint density at radius 3 is 2.95 bits per heavy atom. The number of halogens is 1. The normalized spacial score (nSPS) is 10.7. The largest absolute Gasteiger partial charge is 0.329 e. The molecule has 0 aliphatic heterocycles. The summed E-state index contributed by atoms with van der Waals surface area (Å²) in [6, 6.07) is 8.04. The zero-order valence-electron chi connectivity index (χ0n) is 10.5. The van der Waals surface area contributed by atoms with E-state index in [-0.39, 0.29) is 5.56 Å². The lowest BCUT2D eigenvalue weighted by molar-refractivity contribution is 0.623. The van der Waals surface area contributed by atoms with E-state index in [1.54, 1.807) is 16.8 Å². The van der Waals surface area contributed by atoms with Crippen molar-refractivity contribution in [3.63, 3.8) is 0 Å². The van der Waals surface area contributed by atoms with Crippen LogP contribution in [-0.4, -0.2) is 14.5 Å². The lowest BCUT2D eigenvalue weighted by atomic mass is 10.2. The van der Waals surface area contributed by atoms with Crippen molar-refractivity contribution in [3.8, 4) is 11.8 Å². The first-order valence-corrected chi connectivity index (χ1v) is 6.28. The summed E-state index contributed by atoms with van der Waals surface area (Å²) in [5.74, 6) is -0.550. The summed E-state index contributed by atoms with van der Waals surface area (Å²) in [5.41, 5.74) is 3.05. The van der Waals surface area contributed by atoms with Crippen molar-refractivity contribution in [1.29, 1.82) is 5.26 Å². The van der Waals surface area contributed by atoms with Gasteiger partial charge in [-0.05, 0) is 49.0 Å². The number of aromatic amines is 1. The van der Waals surface area contributed by atoms with E-state index in [1.807, 2.05) is 19.1 Å². The van der Waals surface area contributed by atoms with E-state index in [0.717, 1.165) is 11.1 Å². The number of nitrogens with one attached hydrogen (secondary N) is 1. The average Bonchev–Trinajstić information content (AvgIpc) is 2.74. The fraction of sp³-hybridized carbons (Fsp3) is 0.0714. The highest BCUT2D eigenvalue weighted by Crippen LogP contribution is 2.20. The first-order valence-electron chi connectivity index (χ1n) is 5.87. The fourth-order valence-corrected chi connectivity index (χ4v) is 2.38. The van der Waals surface area contributed by atoms with Crippen LogP contribution >= 0.6 is 12.2 Å². The number of aryl methyl sites for hydroxylation is 1. The molecule has 0 aliphatic carbocycles. The molecular weight excluding hydrogens is 275 g/mol. The Morgan fingerprint density at radius 1 is 1.40 bits per heavy atom. The Hall–Kier alpha value is -2.52. The highest BCUT2D eigenvalue weighted by Gasteiger charge is 2.10. The third-order valence-corrected chi connectivity index (χ3v) is 3.27. The van der Waals surface area contributed by atoms with Gasteiger partial charge in [-0.2, -0.15) is 5.26 Å². The Balaban J connectivity index is 2.33. The van der Waals surface area contributed by atoms with E-state index in [9.17, 15) is 4.39 Å². The molecule has 0 radical (unpaired) electrons. The van der Waals surface area contributed by atoms with Crippen LogP contribution in [0.15, 0.2) is 30.5 Å². The molecule has 0 atom stereocenters. The minimum Gasteiger partial charge on any atom is -0.329 e. The first kappa shape index (κ1) is 12.5. The summed E-state index contributed by atoms with van der Waals surface area (Å²) in [6.07, 6.45) is 1.73. The van der Waals surface area contributed by atoms with Gasteiger partial charge < -0.3 is 4.98 Å². The minimum absolute atomic E-state index is 0.0224. The van der Waals surface area contributed by atoms with Crippen LogP contribution in [0.2, 0.25) is 0 Å². The van der Waals surface area contributed by atoms with Crippen molar-refractivity contribution in [2.45, 2.75) is 6.92 Å². The van der Waals surface area contributed by atoms with Gasteiger partial charge in [0.05, 0.1) is 16.8 Å². The molecule has 2 aromatic heterocycles. The average molecular weight is 284 g/mol. The standard InChI is InChI=1S/C14H9FN4S/c1-8-4-12-13(17-7-8)19(14(20)18-12)10-2-3-11(15)9(5-10)6-16/h2-5,7H,1H3,(H,18,20). The second-order valence-electron chi connectivity index (χ2n) is 4.43. The van der Waals surface area contributed by atoms with Crippen LogP contribution in [0.25, 0.3) is 16.9 Å². The molecule has 0 amide bonds. The Kier molecular flexibility index (Phi) is 2.84. The van der Waals surface area contributed by atoms with Gasteiger partial charge in [-0.25, -0.2) is 9.37 Å². The Bertz CT molecular complexity index is 917. The maximum absolute atomic E-state index is 13.4. The van der Waals surface area contributed by atoms with E-state index >= 15 is 0 Å². The van der Waals surface area contributed by atoms with Gasteiger partial charge in [-0.15, -0.1) is 0 Å². The molecule has 3 aromatic rings. The molecule has 0 aliphatic rings. The minimum atomic E-state index is -0.550. The number of benzene rings is 1. The summed E-state index contributed by atoms with van der Waals surface area (Å²) in [7, 11) is 0. The number of imidazole rings is 1. The van der Waals surface area contributed by atoms with Gasteiger partial charge >= 0.3 is 0 Å². The fourth-order valence-electron chi connectivity index (χ4n) is 2.08. The van der Waals surface area contributed by atoms with Gasteiger partial charge in [-0.3, -0.25) is 4.57 Å². The number of fused-ring (bicyclic) bond motifs is 1. The number of hydrogen-bond acceptors (Lipinski definition) is 3. The molecule has 3 rings (SSSR count). The van der Waals surface area contributed by atoms with E-state index in [1.165, 1.54) is 12.1 Å². The third kappa shape index (κ3) is 1.89. The van der Waals surface area contributed by atoms with Crippen molar-refractivity contribution >= 4 is 23.4 Å². The quantitative estimate of drug-likeness (QED) is 0.697. The molecule has 2 heterocycles. The van der Waals surface area contributed by atoms with E-state index in [4.69, 9.17) is 17.5 Å². The van der Waals surface area contributed by atoms with E-state index in [0.29, 0.717) is 16.1 Å². The molecule has 0 saturated carbocycles. The molecule has 6 heteroatoms. The van der Waals surface area contributed by atoms with Gasteiger partial charge in [0.15, 0.2) is 10.4 Å². The van der Waals surface area contributed by atoms with Crippen molar-refractivity contribution in [3.05, 3.63) is 52.2 Å². The van der Waals surface area contributed by atoms with Crippen LogP contribution in [0.4, 0.5) is 4.39 Å². The van der Waals surface area contributed by atoms with Crippen LogP contribution in [-0.2, 0) is 0 Å². The topological polar surface area (TPSA) is 57.4 Å². The predicted octanol–water partition coefficient (Wildman–Crippen LogP) is 3.40. The smallest absolute Gasteiger partial charge is 0.183 e. The highest BCUT2D eigenvalue weighted by atomic mass is 32.1. The molecule has 20 heavy (non-hydrogen) atoms. The number of nitrogens with zero attached hydrogens (tertiary/aromatic N) is 3. The maximum Gasteiger partial charge on any atom is 0.183 e. The summed E-state index contributed by atoms with van der Waals surface area (Å²) < 4.78 is 15.5. The first-order chi connectivity index (χ1) is 9.60. The van der Waals surface area contributed by atoms with Crippen LogP contribution in [0, 0.1) is 28.8 Å². The molecule has 4 nitrogen and oxygen atoms in total. The molecular formula is C14H9FN4S. The van der Waals surface area contributed by atoms with Crippen LogP contribution in [0.3, 0.4) is 0 Å². The molecule has 0 saturated heterocycles. The van der Waals surface area contributed by atoms with Gasteiger partial charge in [0.1, 0.15) is 11.9 Å². The van der Waals surface area contributed by atoms with Gasteiger partial charge in [0.25, 0.3) is 0 Å². The number of pyridine rings is 1. The second kappa shape index (κ2) is 4.54. The van der Waals surface area contributed by atoms with E-state index in [2.05, 4.69) is 9.97 Å². The maximum atomic E-state index is 13.4. The van der Waals surface area contributed by atoms with Gasteiger partial charge in [0, 0.05) is 6.20 Å². The highest BCUT2D eigenvalue weighted by molar-refractivity contribution is 7.71. The second-order valence-corrected chi connectivity index (χ2v) is 4.81. The molecule has 1 aromatic carbocycles. The van der Waals surface area contributed by atoms with Crippen LogP contribution in [0.1, 0.15) is 11.1 Å². The Morgan fingerprint density at radius 2 is 2.20 bits per heavy atom. The molecule has 98 valence electrons. The molecule has 0 unspecified atom stereocenters. The van der Waals surface area contributed by atoms with Gasteiger partial charge in [-0.1, -0.05) is 0 Å². The summed E-state index contributed by atoms with van der Waals surface area (Å²) in [6.45, 7) is 1.94. The van der Waals surface area contributed by atoms with Crippen LogP contribution in [0.5, 0.6) is 0 Å². The third-order valence-electron chi connectivity index (χ3n) is 2.99. The number of hydrogen-bond donors (Lipinski definition) is 1. The van der Waals surface area contributed by atoms with Gasteiger partial charge in [0.2, 0.25) is 0 Å². The van der Waals surface area contributed by atoms with Crippen molar-refractivity contribution in [1.82, 2.24) is 14.5 Å². The van der Waals surface area contributed by atoms with E-state index < -0.39 is 5.82 Å². The monoisotopic (exact) mass is 284 g/mol. The number of H-pyrrole nitrogens is 1. The Labute approximate surface area is 119 Å². The summed E-state index contributed by atoms with van der Waals surface area (Å²) >= 11 is 5.28. The molecule has 0 bridgehead atoms. The zero-order valence-corrected chi connectivity index (χ0v) is 11.3.